The molecule has 4 fully saturated rings. The lowest BCUT2D eigenvalue weighted by molar-refractivity contribution is -0.187. The molecule has 0 bridgehead atoms. The molecule has 0 aromatic heterocycles. The summed E-state index contributed by atoms with van der Waals surface area (Å²) < 4.78 is 11.5. The molecule has 4 aliphatic rings. The maximum Gasteiger partial charge on any atom is 0.236 e. The highest BCUT2D eigenvalue weighted by molar-refractivity contribution is 7.99. The first-order valence-electron chi connectivity index (χ1n) is 9.13. The highest BCUT2D eigenvalue weighted by Gasteiger charge is 2.41. The van der Waals surface area contributed by atoms with Crippen LogP contribution in [0.3, 0.4) is 0 Å². The molecule has 0 radical (unpaired) electrons. The van der Waals surface area contributed by atoms with Gasteiger partial charge in [0.25, 0.3) is 0 Å². The van der Waals surface area contributed by atoms with Crippen molar-refractivity contribution in [1.82, 2.24) is 9.80 Å². The van der Waals surface area contributed by atoms with Gasteiger partial charge >= 0.3 is 0 Å². The molecule has 1 amide bonds. The van der Waals surface area contributed by atoms with Crippen LogP contribution in [0.25, 0.3) is 0 Å². The molecule has 3 heterocycles. The number of rotatable bonds is 3. The van der Waals surface area contributed by atoms with E-state index in [1.165, 1.54) is 30.8 Å². The number of carbonyl (C=O) groups excluding carboxylic acids is 1. The van der Waals surface area contributed by atoms with Crippen LogP contribution in [0.4, 0.5) is 0 Å². The first-order chi connectivity index (χ1) is 11.3. The molecule has 1 aliphatic carbocycles. The third-order valence-corrected chi connectivity index (χ3v) is 7.05. The minimum Gasteiger partial charge on any atom is -0.347 e. The van der Waals surface area contributed by atoms with Crippen LogP contribution in [-0.2, 0) is 14.3 Å². The van der Waals surface area contributed by atoms with E-state index >= 15 is 0 Å². The predicted octanol–water partition coefficient (Wildman–Crippen LogP) is 1.57. The zero-order chi connectivity index (χ0) is 15.7. The van der Waals surface area contributed by atoms with Crippen molar-refractivity contribution in [3.8, 4) is 0 Å². The molecule has 1 spiro atoms. The molecule has 3 aliphatic heterocycles. The summed E-state index contributed by atoms with van der Waals surface area (Å²) >= 11 is 2.06. The maximum absolute atomic E-state index is 12.7. The molecule has 3 saturated heterocycles. The van der Waals surface area contributed by atoms with E-state index in [-0.39, 0.29) is 5.79 Å². The number of hydrogen-bond donors (Lipinski definition) is 0. The Hall–Kier alpha value is -0.300. The highest BCUT2D eigenvalue weighted by atomic mass is 32.2. The second kappa shape index (κ2) is 6.90. The third-order valence-electron chi connectivity index (χ3n) is 6.00. The van der Waals surface area contributed by atoms with Gasteiger partial charge in [-0.2, -0.15) is 11.8 Å². The Morgan fingerprint density at radius 2 is 1.87 bits per heavy atom. The van der Waals surface area contributed by atoms with Gasteiger partial charge in [-0.25, -0.2) is 0 Å². The Balaban J connectivity index is 1.30. The Labute approximate surface area is 143 Å². The van der Waals surface area contributed by atoms with Gasteiger partial charge in [-0.05, 0) is 18.8 Å². The quantitative estimate of drug-likeness (QED) is 0.780. The fourth-order valence-electron chi connectivity index (χ4n) is 4.27. The van der Waals surface area contributed by atoms with E-state index in [1.807, 2.05) is 4.90 Å². The highest BCUT2D eigenvalue weighted by Crippen LogP contribution is 2.36. The zero-order valence-corrected chi connectivity index (χ0v) is 14.7. The lowest BCUT2D eigenvalue weighted by atomic mass is 9.79. The number of likely N-dealkylation sites (tertiary alicyclic amines) is 1. The Morgan fingerprint density at radius 1 is 1.13 bits per heavy atom. The third kappa shape index (κ3) is 3.41. The number of thioether (sulfide) groups is 1. The Kier molecular flexibility index (Phi) is 4.86. The number of ether oxygens (including phenoxy) is 2. The fraction of sp³-hybridized carbons (Fsp3) is 0.941. The number of piperidine rings is 1. The van der Waals surface area contributed by atoms with Gasteiger partial charge in [0.2, 0.25) is 5.91 Å². The van der Waals surface area contributed by atoms with Gasteiger partial charge in [0.15, 0.2) is 5.79 Å². The largest absolute Gasteiger partial charge is 0.347 e. The number of hydrogen-bond acceptors (Lipinski definition) is 5. The van der Waals surface area contributed by atoms with E-state index in [0.29, 0.717) is 31.7 Å². The van der Waals surface area contributed by atoms with Crippen LogP contribution in [0.1, 0.15) is 32.1 Å². The van der Waals surface area contributed by atoms with E-state index in [9.17, 15) is 4.79 Å². The summed E-state index contributed by atoms with van der Waals surface area (Å²) in [6.45, 7) is 4.62. The van der Waals surface area contributed by atoms with Crippen LogP contribution < -0.4 is 0 Å². The van der Waals surface area contributed by atoms with Gasteiger partial charge in [0, 0.05) is 50.0 Å². The standard InChI is InChI=1S/C17H28N2O3S/c20-16(18-6-4-17(5-7-18)21-9-10-22-17)12-19-8-11-23-13-15(19)14-2-1-3-14/h14-15H,1-13H2/t15-/m0/s1. The van der Waals surface area contributed by atoms with Crippen molar-refractivity contribution in [3.63, 3.8) is 0 Å². The van der Waals surface area contributed by atoms with Crippen molar-refractivity contribution in [3.05, 3.63) is 0 Å². The van der Waals surface area contributed by atoms with Crippen molar-refractivity contribution >= 4 is 17.7 Å². The van der Waals surface area contributed by atoms with Crippen LogP contribution in [0.2, 0.25) is 0 Å². The smallest absolute Gasteiger partial charge is 0.236 e. The molecule has 4 rings (SSSR count). The van der Waals surface area contributed by atoms with E-state index in [4.69, 9.17) is 9.47 Å². The van der Waals surface area contributed by atoms with Crippen molar-refractivity contribution in [2.75, 3.05) is 50.9 Å². The van der Waals surface area contributed by atoms with E-state index in [1.54, 1.807) is 0 Å². The molecular formula is C17H28N2O3S. The van der Waals surface area contributed by atoms with Crippen molar-refractivity contribution in [2.45, 2.75) is 43.9 Å². The second-order valence-corrected chi connectivity index (χ2v) is 8.44. The summed E-state index contributed by atoms with van der Waals surface area (Å²) in [7, 11) is 0. The molecule has 0 aromatic rings. The minimum atomic E-state index is -0.382. The number of carbonyl (C=O) groups is 1. The molecular weight excluding hydrogens is 312 g/mol. The summed E-state index contributed by atoms with van der Waals surface area (Å²) in [5.41, 5.74) is 0. The topological polar surface area (TPSA) is 42.0 Å². The molecule has 5 nitrogen and oxygen atoms in total. The normalized spacial score (nSPS) is 32.2. The zero-order valence-electron chi connectivity index (χ0n) is 13.9. The van der Waals surface area contributed by atoms with Crippen LogP contribution in [0, 0.1) is 5.92 Å². The van der Waals surface area contributed by atoms with Gasteiger partial charge in [0.05, 0.1) is 19.8 Å². The van der Waals surface area contributed by atoms with Gasteiger partial charge in [-0.1, -0.05) is 6.42 Å². The Morgan fingerprint density at radius 3 is 2.52 bits per heavy atom. The van der Waals surface area contributed by atoms with E-state index < -0.39 is 0 Å². The van der Waals surface area contributed by atoms with Crippen molar-refractivity contribution < 1.29 is 14.3 Å². The van der Waals surface area contributed by atoms with Crippen molar-refractivity contribution in [2.24, 2.45) is 5.92 Å². The average Bonchev–Trinajstić information content (AvgIpc) is 2.96. The summed E-state index contributed by atoms with van der Waals surface area (Å²) in [4.78, 5) is 17.2. The SMILES string of the molecule is O=C(CN1CCSC[C@H]1C1CCC1)N1CCC2(CC1)OCCO2. The molecule has 0 unspecified atom stereocenters. The Bertz CT molecular complexity index is 428. The second-order valence-electron chi connectivity index (χ2n) is 7.29. The van der Waals surface area contributed by atoms with Crippen LogP contribution in [-0.4, -0.2) is 78.4 Å². The first-order valence-corrected chi connectivity index (χ1v) is 10.3. The molecule has 6 heteroatoms. The first kappa shape index (κ1) is 16.2. The summed E-state index contributed by atoms with van der Waals surface area (Å²) in [6, 6.07) is 0.629. The monoisotopic (exact) mass is 340 g/mol. The molecule has 0 N–H and O–H groups in total. The van der Waals surface area contributed by atoms with Gasteiger partial charge in [-0.3, -0.25) is 9.69 Å². The van der Waals surface area contributed by atoms with Crippen molar-refractivity contribution in [1.29, 1.82) is 0 Å². The van der Waals surface area contributed by atoms with Gasteiger partial charge < -0.3 is 14.4 Å². The van der Waals surface area contributed by atoms with E-state index in [2.05, 4.69) is 16.7 Å². The maximum atomic E-state index is 12.7. The number of nitrogens with zero attached hydrogens (tertiary/aromatic N) is 2. The fourth-order valence-corrected chi connectivity index (χ4v) is 5.52. The lowest BCUT2D eigenvalue weighted by Gasteiger charge is -2.44. The summed E-state index contributed by atoms with van der Waals surface area (Å²) in [5.74, 6) is 3.13. The van der Waals surface area contributed by atoms with Crippen LogP contribution in [0.15, 0.2) is 0 Å². The van der Waals surface area contributed by atoms with Gasteiger partial charge in [0.1, 0.15) is 0 Å². The molecule has 1 atom stereocenters. The molecule has 130 valence electrons. The molecule has 23 heavy (non-hydrogen) atoms. The van der Waals surface area contributed by atoms with E-state index in [0.717, 1.165) is 38.4 Å². The van der Waals surface area contributed by atoms with Crippen LogP contribution in [0.5, 0.6) is 0 Å². The summed E-state index contributed by atoms with van der Waals surface area (Å²) in [5, 5.41) is 0. The lowest BCUT2D eigenvalue weighted by Crippen LogP contribution is -2.54. The molecule has 1 saturated carbocycles. The predicted molar refractivity (Wildman–Crippen MR) is 90.5 cm³/mol. The average molecular weight is 340 g/mol. The molecule has 0 aromatic carbocycles. The van der Waals surface area contributed by atoms with Crippen LogP contribution >= 0.6 is 11.8 Å². The summed E-state index contributed by atoms with van der Waals surface area (Å²) in [6.07, 6.45) is 5.73. The number of amides is 1. The minimum absolute atomic E-state index is 0.300. The van der Waals surface area contributed by atoms with Gasteiger partial charge in [-0.15, -0.1) is 0 Å².